The van der Waals surface area contributed by atoms with Gasteiger partial charge in [-0.2, -0.15) is 0 Å². The minimum absolute atomic E-state index is 0. The number of amides is 1. The van der Waals surface area contributed by atoms with Gasteiger partial charge in [0.05, 0.1) is 17.5 Å². The molecular weight excluding hydrogens is 390 g/mol. The summed E-state index contributed by atoms with van der Waals surface area (Å²) < 4.78 is 7.46. The smallest absolute Gasteiger partial charge is 0.276 e. The molecular formula is C21H30ClN5O2. The Morgan fingerprint density at radius 3 is 2.59 bits per heavy atom. The number of carbonyl (C=O) groups excluding carboxylic acids is 1. The Bertz CT molecular complexity index is 851. The maximum atomic E-state index is 13.1. The van der Waals surface area contributed by atoms with Gasteiger partial charge in [0, 0.05) is 19.1 Å². The minimum atomic E-state index is -0.0236. The first-order valence-electron chi connectivity index (χ1n) is 10.2. The van der Waals surface area contributed by atoms with Crippen LogP contribution in [-0.2, 0) is 6.42 Å². The van der Waals surface area contributed by atoms with E-state index in [4.69, 9.17) is 10.5 Å². The number of ether oxygens (including phenoxy) is 1. The van der Waals surface area contributed by atoms with E-state index in [2.05, 4.69) is 10.3 Å². The Kier molecular flexibility index (Phi) is 6.49. The molecule has 3 unspecified atom stereocenters. The van der Waals surface area contributed by atoms with Crippen LogP contribution in [0.4, 0.5) is 0 Å². The van der Waals surface area contributed by atoms with Crippen LogP contribution in [0.2, 0.25) is 0 Å². The summed E-state index contributed by atoms with van der Waals surface area (Å²) >= 11 is 0. The fourth-order valence-corrected chi connectivity index (χ4v) is 4.55. The molecule has 1 aliphatic carbocycles. The van der Waals surface area contributed by atoms with Crippen molar-refractivity contribution < 1.29 is 9.53 Å². The van der Waals surface area contributed by atoms with E-state index in [1.807, 2.05) is 49.9 Å². The number of likely N-dealkylation sites (tertiary alicyclic amines) is 1. The zero-order chi connectivity index (χ0) is 19.8. The number of carbonyl (C=O) groups is 1. The molecule has 2 fully saturated rings. The Morgan fingerprint density at radius 1 is 1.24 bits per heavy atom. The standard InChI is InChI=1S/C21H29N5O2.ClH/c1-4-19-20(21(27)25-11-14-5-10-18(22)17(14)12-25)23-24-26(19)15-6-8-16(9-7-15)28-13(2)3;/h6-9,13-14,17-18H,4-5,10-12,22H2,1-3H3;1H. The summed E-state index contributed by atoms with van der Waals surface area (Å²) in [5.41, 5.74) is 8.39. The van der Waals surface area contributed by atoms with Crippen molar-refractivity contribution in [3.63, 3.8) is 0 Å². The van der Waals surface area contributed by atoms with Crippen LogP contribution in [0.15, 0.2) is 24.3 Å². The first kappa shape index (κ1) is 21.6. The number of hydrogen-bond donors (Lipinski definition) is 1. The second kappa shape index (κ2) is 8.71. The summed E-state index contributed by atoms with van der Waals surface area (Å²) in [5, 5.41) is 8.53. The molecule has 0 radical (unpaired) electrons. The highest BCUT2D eigenvalue weighted by molar-refractivity contribution is 5.93. The van der Waals surface area contributed by atoms with Crippen LogP contribution in [0.3, 0.4) is 0 Å². The maximum absolute atomic E-state index is 13.1. The van der Waals surface area contributed by atoms with Crippen LogP contribution in [0.1, 0.15) is 49.8 Å². The fourth-order valence-electron chi connectivity index (χ4n) is 4.55. The van der Waals surface area contributed by atoms with Gasteiger partial charge in [-0.05, 0) is 69.2 Å². The number of benzene rings is 1. The predicted molar refractivity (Wildman–Crippen MR) is 114 cm³/mol. The third-order valence-electron chi connectivity index (χ3n) is 5.95. The van der Waals surface area contributed by atoms with Gasteiger partial charge in [0.25, 0.3) is 5.91 Å². The van der Waals surface area contributed by atoms with Crippen LogP contribution in [0.5, 0.6) is 5.75 Å². The van der Waals surface area contributed by atoms with Crippen molar-refractivity contribution in [3.05, 3.63) is 35.7 Å². The third kappa shape index (κ3) is 4.12. The molecule has 2 N–H and O–H groups in total. The number of hydrogen-bond acceptors (Lipinski definition) is 5. The van der Waals surface area contributed by atoms with Crippen molar-refractivity contribution >= 4 is 18.3 Å². The van der Waals surface area contributed by atoms with E-state index in [0.717, 1.165) is 43.1 Å². The first-order chi connectivity index (χ1) is 13.5. The third-order valence-corrected chi connectivity index (χ3v) is 5.95. The lowest BCUT2D eigenvalue weighted by molar-refractivity contribution is 0.0772. The number of rotatable bonds is 5. The zero-order valence-corrected chi connectivity index (χ0v) is 18.1. The van der Waals surface area contributed by atoms with Gasteiger partial charge in [0.1, 0.15) is 5.75 Å². The number of halogens is 1. The van der Waals surface area contributed by atoms with Crippen LogP contribution in [-0.4, -0.2) is 51.0 Å². The number of aromatic nitrogens is 3. The molecule has 2 heterocycles. The second-order valence-electron chi connectivity index (χ2n) is 8.19. The molecule has 1 aliphatic heterocycles. The molecule has 0 bridgehead atoms. The summed E-state index contributed by atoms with van der Waals surface area (Å²) in [5.74, 6) is 1.75. The monoisotopic (exact) mass is 419 g/mol. The molecule has 1 saturated heterocycles. The van der Waals surface area contributed by atoms with E-state index in [-0.39, 0.29) is 30.5 Å². The Morgan fingerprint density at radius 2 is 1.97 bits per heavy atom. The summed E-state index contributed by atoms with van der Waals surface area (Å²) in [6.07, 6.45) is 3.00. The molecule has 1 amide bonds. The van der Waals surface area contributed by atoms with E-state index in [1.165, 1.54) is 0 Å². The van der Waals surface area contributed by atoms with Gasteiger partial charge in [0.15, 0.2) is 5.69 Å². The summed E-state index contributed by atoms with van der Waals surface area (Å²) in [6.45, 7) is 7.54. The first-order valence-corrected chi connectivity index (χ1v) is 10.2. The average Bonchev–Trinajstić information content (AvgIpc) is 3.37. The van der Waals surface area contributed by atoms with Crippen molar-refractivity contribution in [3.8, 4) is 11.4 Å². The van der Waals surface area contributed by atoms with Crippen LogP contribution >= 0.6 is 12.4 Å². The van der Waals surface area contributed by atoms with Gasteiger partial charge < -0.3 is 15.4 Å². The molecule has 8 heteroatoms. The van der Waals surface area contributed by atoms with Gasteiger partial charge in [-0.1, -0.05) is 12.1 Å². The van der Waals surface area contributed by atoms with Crippen molar-refractivity contribution in [2.75, 3.05) is 13.1 Å². The van der Waals surface area contributed by atoms with E-state index in [9.17, 15) is 4.79 Å². The van der Waals surface area contributed by atoms with Crippen molar-refractivity contribution in [2.24, 2.45) is 17.6 Å². The number of nitrogens with two attached hydrogens (primary N) is 1. The van der Waals surface area contributed by atoms with E-state index < -0.39 is 0 Å². The molecule has 1 aromatic carbocycles. The van der Waals surface area contributed by atoms with Crippen molar-refractivity contribution in [1.29, 1.82) is 0 Å². The van der Waals surface area contributed by atoms with Gasteiger partial charge in [0.2, 0.25) is 0 Å². The lowest BCUT2D eigenvalue weighted by Gasteiger charge is -2.18. The van der Waals surface area contributed by atoms with Gasteiger partial charge in [-0.15, -0.1) is 17.5 Å². The normalized spacial score (nSPS) is 23.2. The molecule has 1 saturated carbocycles. The molecule has 0 spiro atoms. The molecule has 158 valence electrons. The zero-order valence-electron chi connectivity index (χ0n) is 17.2. The van der Waals surface area contributed by atoms with Crippen molar-refractivity contribution in [2.45, 2.75) is 52.2 Å². The molecule has 29 heavy (non-hydrogen) atoms. The van der Waals surface area contributed by atoms with Crippen LogP contribution in [0, 0.1) is 11.8 Å². The number of fused-ring (bicyclic) bond motifs is 1. The second-order valence-corrected chi connectivity index (χ2v) is 8.19. The van der Waals surface area contributed by atoms with E-state index in [1.54, 1.807) is 4.68 Å². The Balaban J connectivity index is 0.00000240. The molecule has 2 aromatic rings. The topological polar surface area (TPSA) is 86.3 Å². The lowest BCUT2D eigenvalue weighted by atomic mass is 9.98. The molecule has 7 nitrogen and oxygen atoms in total. The molecule has 3 atom stereocenters. The van der Waals surface area contributed by atoms with Gasteiger partial charge >= 0.3 is 0 Å². The average molecular weight is 420 g/mol. The largest absolute Gasteiger partial charge is 0.491 e. The van der Waals surface area contributed by atoms with Crippen LogP contribution < -0.4 is 10.5 Å². The fraction of sp³-hybridized carbons (Fsp3) is 0.571. The summed E-state index contributed by atoms with van der Waals surface area (Å²) in [4.78, 5) is 15.1. The van der Waals surface area contributed by atoms with Crippen molar-refractivity contribution in [1.82, 2.24) is 19.9 Å². The van der Waals surface area contributed by atoms with E-state index in [0.29, 0.717) is 24.0 Å². The van der Waals surface area contributed by atoms with Gasteiger partial charge in [-0.25, -0.2) is 4.68 Å². The quantitative estimate of drug-likeness (QED) is 0.805. The predicted octanol–water partition coefficient (Wildman–Crippen LogP) is 2.85. The Hall–Kier alpha value is -2.12. The highest BCUT2D eigenvalue weighted by atomic mass is 35.5. The van der Waals surface area contributed by atoms with Gasteiger partial charge in [-0.3, -0.25) is 4.79 Å². The van der Waals surface area contributed by atoms with E-state index >= 15 is 0 Å². The SMILES string of the molecule is CCc1c(C(=O)N2CC3CCC(N)C3C2)nnn1-c1ccc(OC(C)C)cc1.Cl. The summed E-state index contributed by atoms with van der Waals surface area (Å²) in [7, 11) is 0. The molecule has 2 aliphatic rings. The minimum Gasteiger partial charge on any atom is -0.491 e. The maximum Gasteiger partial charge on any atom is 0.276 e. The van der Waals surface area contributed by atoms with Crippen LogP contribution in [0.25, 0.3) is 5.69 Å². The highest BCUT2D eigenvalue weighted by Gasteiger charge is 2.43. The Labute approximate surface area is 178 Å². The molecule has 4 rings (SSSR count). The molecule has 1 aromatic heterocycles. The summed E-state index contributed by atoms with van der Waals surface area (Å²) in [6, 6.07) is 7.94. The highest BCUT2D eigenvalue weighted by Crippen LogP contribution is 2.37. The number of nitrogens with zero attached hydrogens (tertiary/aromatic N) is 4. The lowest BCUT2D eigenvalue weighted by Crippen LogP contribution is -2.34.